The zero-order chi connectivity index (χ0) is 24.8. The summed E-state index contributed by atoms with van der Waals surface area (Å²) in [6.07, 6.45) is 0. The highest BCUT2D eigenvalue weighted by Crippen LogP contribution is 2.56. The average molecular weight is 488 g/mol. The molecule has 1 amide bonds. The van der Waals surface area contributed by atoms with Gasteiger partial charge in [-0.05, 0) is 0 Å². The van der Waals surface area contributed by atoms with Crippen molar-refractivity contribution in [1.29, 1.82) is 0 Å². The third-order valence-corrected chi connectivity index (χ3v) is 5.13. The lowest BCUT2D eigenvalue weighted by Crippen LogP contribution is -2.18. The Morgan fingerprint density at radius 2 is 1.45 bits per heavy atom. The SMILES string of the molecule is COc1c(F)c(-c2c(O)c(O)c(O)c(O)c2O)c(F)c(F)c1NC(=O)c1ncsc1C(=O)O. The summed E-state index contributed by atoms with van der Waals surface area (Å²) >= 11 is 0.556. The van der Waals surface area contributed by atoms with Gasteiger partial charge in [0.2, 0.25) is 17.2 Å². The van der Waals surface area contributed by atoms with Gasteiger partial charge in [0.25, 0.3) is 5.91 Å². The lowest BCUT2D eigenvalue weighted by atomic mass is 9.98. The Bertz CT molecular complexity index is 1300. The number of amides is 1. The number of carbonyl (C=O) groups is 2. The smallest absolute Gasteiger partial charge is 0.348 e. The quantitative estimate of drug-likeness (QED) is 0.160. The van der Waals surface area contributed by atoms with Crippen LogP contribution < -0.4 is 10.1 Å². The van der Waals surface area contributed by atoms with Gasteiger partial charge >= 0.3 is 5.97 Å². The number of aromatic nitrogens is 1. The molecule has 0 atom stereocenters. The van der Waals surface area contributed by atoms with Gasteiger partial charge in [0.15, 0.2) is 40.4 Å². The minimum Gasteiger partial charge on any atom is -0.504 e. The van der Waals surface area contributed by atoms with Gasteiger partial charge < -0.3 is 40.7 Å². The number of methoxy groups -OCH3 is 1. The summed E-state index contributed by atoms with van der Waals surface area (Å²) in [5, 5.41) is 59.4. The van der Waals surface area contributed by atoms with Crippen LogP contribution >= 0.6 is 11.3 Å². The molecule has 15 heteroatoms. The van der Waals surface area contributed by atoms with Gasteiger partial charge in [0.1, 0.15) is 10.6 Å². The molecule has 0 aliphatic heterocycles. The number of nitrogens with one attached hydrogen (secondary N) is 1. The van der Waals surface area contributed by atoms with E-state index in [4.69, 9.17) is 5.11 Å². The molecule has 2 aromatic carbocycles. The van der Waals surface area contributed by atoms with Gasteiger partial charge in [-0.1, -0.05) is 0 Å². The van der Waals surface area contributed by atoms with E-state index < -0.39 is 91.2 Å². The van der Waals surface area contributed by atoms with Crippen LogP contribution in [0.4, 0.5) is 18.9 Å². The number of ether oxygens (including phenoxy) is 1. The Labute approximate surface area is 184 Å². The molecule has 33 heavy (non-hydrogen) atoms. The molecule has 1 heterocycles. The summed E-state index contributed by atoms with van der Waals surface area (Å²) in [6.45, 7) is 0. The highest BCUT2D eigenvalue weighted by molar-refractivity contribution is 7.12. The first kappa shape index (κ1) is 23.3. The number of carbonyl (C=O) groups excluding carboxylic acids is 1. The first-order valence-corrected chi connectivity index (χ1v) is 9.23. The van der Waals surface area contributed by atoms with Gasteiger partial charge in [-0.3, -0.25) is 4.79 Å². The lowest BCUT2D eigenvalue weighted by Gasteiger charge is -2.18. The van der Waals surface area contributed by atoms with Gasteiger partial charge in [0.05, 0.1) is 23.7 Å². The number of rotatable bonds is 5. The number of carboxylic acid groups (broad SMARTS) is 1. The van der Waals surface area contributed by atoms with Crippen LogP contribution in [0.3, 0.4) is 0 Å². The summed E-state index contributed by atoms with van der Waals surface area (Å²) in [6, 6.07) is 0. The van der Waals surface area contributed by atoms with Crippen LogP contribution in [0.5, 0.6) is 34.5 Å². The first-order chi connectivity index (χ1) is 15.4. The maximum Gasteiger partial charge on any atom is 0.348 e. The Kier molecular flexibility index (Phi) is 5.83. The number of aromatic carboxylic acids is 1. The second kappa shape index (κ2) is 8.27. The van der Waals surface area contributed by atoms with Crippen LogP contribution in [-0.2, 0) is 0 Å². The molecule has 0 spiro atoms. The number of carboxylic acids is 1. The minimum absolute atomic E-state index is 0.547. The summed E-state index contributed by atoms with van der Waals surface area (Å²) < 4.78 is 49.6. The van der Waals surface area contributed by atoms with Crippen LogP contribution in [0.15, 0.2) is 5.51 Å². The number of halogens is 3. The van der Waals surface area contributed by atoms with Crippen molar-refractivity contribution in [2.45, 2.75) is 0 Å². The Morgan fingerprint density at radius 3 is 1.97 bits per heavy atom. The van der Waals surface area contributed by atoms with E-state index in [1.54, 1.807) is 5.32 Å². The molecule has 11 nitrogen and oxygen atoms in total. The van der Waals surface area contributed by atoms with Crippen LogP contribution in [0, 0.1) is 17.5 Å². The number of phenolic OH excluding ortho intramolecular Hbond substituents is 5. The first-order valence-electron chi connectivity index (χ1n) is 8.35. The largest absolute Gasteiger partial charge is 0.504 e. The molecular weight excluding hydrogens is 477 g/mol. The number of hydrogen-bond acceptors (Lipinski definition) is 10. The van der Waals surface area contributed by atoms with E-state index in [0.29, 0.717) is 11.3 Å². The highest BCUT2D eigenvalue weighted by atomic mass is 32.1. The number of nitrogens with zero attached hydrogens (tertiary/aromatic N) is 1. The van der Waals surface area contributed by atoms with Gasteiger partial charge in [0, 0.05) is 0 Å². The fraction of sp³-hybridized carbons (Fsp3) is 0.0556. The lowest BCUT2D eigenvalue weighted by molar-refractivity contribution is 0.0697. The average Bonchev–Trinajstić information content (AvgIpc) is 3.27. The molecular formula is C18H11F3N2O9S. The molecule has 7 N–H and O–H groups in total. The van der Waals surface area contributed by atoms with Crippen LogP contribution in [0.2, 0.25) is 0 Å². The van der Waals surface area contributed by atoms with Crippen molar-refractivity contribution in [2.24, 2.45) is 0 Å². The Morgan fingerprint density at radius 1 is 0.909 bits per heavy atom. The van der Waals surface area contributed by atoms with E-state index in [2.05, 4.69) is 9.72 Å². The van der Waals surface area contributed by atoms with Crippen LogP contribution in [0.25, 0.3) is 11.1 Å². The second-order valence-electron chi connectivity index (χ2n) is 6.13. The molecule has 1 aromatic heterocycles. The van der Waals surface area contributed by atoms with E-state index in [-0.39, 0.29) is 0 Å². The Hall–Kier alpha value is -4.40. The molecule has 0 aliphatic carbocycles. The number of thiazole rings is 1. The highest BCUT2D eigenvalue weighted by Gasteiger charge is 2.34. The molecule has 0 saturated carbocycles. The van der Waals surface area contributed by atoms with Crippen molar-refractivity contribution in [3.63, 3.8) is 0 Å². The maximum atomic E-state index is 15.1. The number of aromatic hydroxyl groups is 5. The van der Waals surface area contributed by atoms with Gasteiger partial charge in [-0.25, -0.2) is 22.9 Å². The number of benzene rings is 2. The van der Waals surface area contributed by atoms with E-state index >= 15 is 4.39 Å². The third-order valence-electron chi connectivity index (χ3n) is 4.32. The van der Waals surface area contributed by atoms with Crippen molar-refractivity contribution in [3.8, 4) is 45.6 Å². The fourth-order valence-corrected chi connectivity index (χ4v) is 3.44. The number of anilines is 1. The molecule has 0 saturated heterocycles. The monoisotopic (exact) mass is 488 g/mol. The zero-order valence-electron chi connectivity index (χ0n) is 16.0. The summed E-state index contributed by atoms with van der Waals surface area (Å²) in [4.78, 5) is 26.5. The summed E-state index contributed by atoms with van der Waals surface area (Å²) in [7, 11) is 0.784. The molecule has 0 unspecified atom stereocenters. The van der Waals surface area contributed by atoms with Crippen LogP contribution in [0.1, 0.15) is 20.2 Å². The van der Waals surface area contributed by atoms with Crippen molar-refractivity contribution in [2.75, 3.05) is 12.4 Å². The molecule has 174 valence electrons. The molecule has 0 aliphatic rings. The van der Waals surface area contributed by atoms with Gasteiger partial charge in [-0.15, -0.1) is 11.3 Å². The zero-order valence-corrected chi connectivity index (χ0v) is 16.8. The van der Waals surface area contributed by atoms with E-state index in [1.807, 2.05) is 0 Å². The topological polar surface area (TPSA) is 190 Å². The second-order valence-corrected chi connectivity index (χ2v) is 6.99. The summed E-state index contributed by atoms with van der Waals surface area (Å²) in [5.41, 5.74) is -3.81. The normalized spacial score (nSPS) is 10.8. The molecule has 3 aromatic rings. The third kappa shape index (κ3) is 3.53. The summed E-state index contributed by atoms with van der Waals surface area (Å²) in [5.74, 6) is -17.5. The Balaban J connectivity index is 2.25. The van der Waals surface area contributed by atoms with Gasteiger partial charge in [-0.2, -0.15) is 0 Å². The van der Waals surface area contributed by atoms with Crippen molar-refractivity contribution in [1.82, 2.24) is 4.98 Å². The van der Waals surface area contributed by atoms with E-state index in [9.17, 15) is 43.9 Å². The number of hydrogen-bond donors (Lipinski definition) is 7. The van der Waals surface area contributed by atoms with Crippen LogP contribution in [-0.4, -0.2) is 54.6 Å². The standard InChI is InChI=1S/C18H11F3N2O9S/c1-32-15-6(20)3(4-10(24)12(26)14(28)13(27)11(4)25)5(19)7(21)8(15)23-17(29)9-16(18(30)31)33-2-22-9/h2,24-28H,1H3,(H,23,29)(H,30,31). The predicted octanol–water partition coefficient (Wildman–Crippen LogP) is 2.71. The molecule has 3 rings (SSSR count). The predicted molar refractivity (Wildman–Crippen MR) is 104 cm³/mol. The molecule has 0 radical (unpaired) electrons. The van der Waals surface area contributed by atoms with Crippen molar-refractivity contribution < 1.29 is 58.1 Å². The molecule has 0 bridgehead atoms. The maximum absolute atomic E-state index is 15.1. The van der Waals surface area contributed by atoms with Crippen molar-refractivity contribution in [3.05, 3.63) is 33.5 Å². The van der Waals surface area contributed by atoms with E-state index in [1.165, 1.54) is 0 Å². The van der Waals surface area contributed by atoms with Crippen molar-refractivity contribution >= 4 is 28.9 Å². The fourth-order valence-electron chi connectivity index (χ4n) is 2.82. The van der Waals surface area contributed by atoms with E-state index in [0.717, 1.165) is 12.6 Å². The minimum atomic E-state index is -2.13. The number of phenols is 5. The molecule has 0 fully saturated rings.